The second-order valence-corrected chi connectivity index (χ2v) is 7.54. The number of halogens is 6. The minimum Gasteiger partial charge on any atom is -0.503 e. The van der Waals surface area contributed by atoms with Crippen molar-refractivity contribution in [2.45, 2.75) is 25.9 Å². The van der Waals surface area contributed by atoms with Gasteiger partial charge >= 0.3 is 6.18 Å². The molecule has 0 aromatic heterocycles. The first-order valence-corrected chi connectivity index (χ1v) is 9.91. The van der Waals surface area contributed by atoms with Crippen molar-refractivity contribution in [2.75, 3.05) is 5.32 Å². The summed E-state index contributed by atoms with van der Waals surface area (Å²) >= 11 is 0. The van der Waals surface area contributed by atoms with Crippen molar-refractivity contribution < 1.29 is 36.3 Å². The summed E-state index contributed by atoms with van der Waals surface area (Å²) in [6.07, 6.45) is -5.99. The fourth-order valence-electron chi connectivity index (χ4n) is 3.35. The number of hydrogen-bond donors (Lipinski definition) is 3. The van der Waals surface area contributed by atoms with Gasteiger partial charge in [0.15, 0.2) is 23.2 Å². The van der Waals surface area contributed by atoms with Gasteiger partial charge in [-0.3, -0.25) is 0 Å². The molecular weight excluding hydrogens is 464 g/mol. The zero-order valence-electron chi connectivity index (χ0n) is 17.5. The Morgan fingerprint density at radius 1 is 1.03 bits per heavy atom. The number of aliphatic imine (C=N–C) groups is 1. The van der Waals surface area contributed by atoms with E-state index in [0.717, 1.165) is 29.8 Å². The number of amidine groups is 1. The highest BCUT2D eigenvalue weighted by Gasteiger charge is 2.34. The molecule has 1 aliphatic heterocycles. The van der Waals surface area contributed by atoms with Gasteiger partial charge in [-0.25, -0.2) is 28.5 Å². The van der Waals surface area contributed by atoms with Gasteiger partial charge in [0.05, 0.1) is 5.56 Å². The van der Waals surface area contributed by atoms with Gasteiger partial charge in [-0.05, 0) is 48.4 Å². The molecule has 0 fully saturated rings. The fourth-order valence-corrected chi connectivity index (χ4v) is 3.35. The number of hydrogen-bond acceptors (Lipinski definition) is 5. The number of aromatic hydroxyl groups is 1. The first kappa shape index (κ1) is 23.4. The normalized spacial score (nSPS) is 15.7. The molecule has 3 aromatic rings. The maximum Gasteiger partial charge on any atom is 0.419 e. The number of anilines is 1. The molecule has 34 heavy (non-hydrogen) atoms. The minimum absolute atomic E-state index is 0.00719. The predicted molar refractivity (Wildman–Crippen MR) is 111 cm³/mol. The molecule has 11 heteroatoms. The number of nitrogens with zero attached hydrogens (tertiary/aromatic N) is 1. The molecule has 0 amide bonds. The average Bonchev–Trinajstić information content (AvgIpc) is 3.27. The molecule has 178 valence electrons. The Kier molecular flexibility index (Phi) is 6.13. The second kappa shape index (κ2) is 8.90. The molecule has 1 unspecified atom stereocenters. The van der Waals surface area contributed by atoms with Crippen molar-refractivity contribution in [2.24, 2.45) is 4.99 Å². The van der Waals surface area contributed by atoms with E-state index in [2.05, 4.69) is 15.8 Å². The Bertz CT molecular complexity index is 1280. The van der Waals surface area contributed by atoms with Crippen molar-refractivity contribution in [3.63, 3.8) is 0 Å². The number of phenols is 1. The molecule has 3 N–H and O–H groups in total. The maximum absolute atomic E-state index is 14.2. The van der Waals surface area contributed by atoms with Crippen LogP contribution in [0.5, 0.6) is 5.75 Å². The molecule has 0 saturated heterocycles. The van der Waals surface area contributed by atoms with Crippen LogP contribution >= 0.6 is 0 Å². The Labute approximate surface area is 189 Å². The van der Waals surface area contributed by atoms with Crippen molar-refractivity contribution in [1.29, 1.82) is 0 Å². The summed E-state index contributed by atoms with van der Waals surface area (Å²) in [6, 6.07) is 9.83. The van der Waals surface area contributed by atoms with E-state index in [1.54, 1.807) is 25.1 Å². The molecule has 3 aromatic carbocycles. The van der Waals surface area contributed by atoms with Gasteiger partial charge in [0, 0.05) is 23.4 Å². The summed E-state index contributed by atoms with van der Waals surface area (Å²) in [6.45, 7) is 1.77. The number of nitrogens with one attached hydrogen (secondary N) is 2. The van der Waals surface area contributed by atoms with Crippen LogP contribution in [0.2, 0.25) is 0 Å². The smallest absolute Gasteiger partial charge is 0.419 e. The first-order chi connectivity index (χ1) is 16.0. The predicted octanol–water partition coefficient (Wildman–Crippen LogP) is 5.73. The van der Waals surface area contributed by atoms with Crippen molar-refractivity contribution in [3.05, 3.63) is 93.8 Å². The van der Waals surface area contributed by atoms with E-state index in [4.69, 9.17) is 4.84 Å². The van der Waals surface area contributed by atoms with Crippen LogP contribution in [0.3, 0.4) is 0 Å². The number of hydroxylamine groups is 1. The van der Waals surface area contributed by atoms with E-state index >= 15 is 0 Å². The Morgan fingerprint density at radius 3 is 2.50 bits per heavy atom. The zero-order chi connectivity index (χ0) is 24.6. The van der Waals surface area contributed by atoms with Gasteiger partial charge in [-0.2, -0.15) is 13.2 Å². The molecule has 4 rings (SSSR count). The molecular formula is C23H17F6N3O2. The van der Waals surface area contributed by atoms with Gasteiger partial charge in [0.25, 0.3) is 0 Å². The average molecular weight is 481 g/mol. The lowest BCUT2D eigenvalue weighted by atomic mass is 10.1. The van der Waals surface area contributed by atoms with Crippen LogP contribution < -0.4 is 10.8 Å². The molecule has 5 nitrogen and oxygen atoms in total. The van der Waals surface area contributed by atoms with Gasteiger partial charge < -0.3 is 10.4 Å². The van der Waals surface area contributed by atoms with Crippen LogP contribution in [0.25, 0.3) is 0 Å². The van der Waals surface area contributed by atoms with Crippen LogP contribution in [-0.2, 0) is 17.6 Å². The Balaban J connectivity index is 1.54. The van der Waals surface area contributed by atoms with E-state index < -0.39 is 41.2 Å². The number of aryl methyl sites for hydroxylation is 1. The summed E-state index contributed by atoms with van der Waals surface area (Å²) in [4.78, 5) is 9.46. The highest BCUT2D eigenvalue weighted by atomic mass is 19.4. The fraction of sp³-hybridized carbons (Fsp3) is 0.174. The number of alkyl halides is 3. The third-order valence-electron chi connectivity index (χ3n) is 5.21. The van der Waals surface area contributed by atoms with Gasteiger partial charge in [-0.15, -0.1) is 0 Å². The van der Waals surface area contributed by atoms with Crippen LogP contribution in [0, 0.1) is 24.4 Å². The van der Waals surface area contributed by atoms with Crippen molar-refractivity contribution in [1.82, 2.24) is 5.48 Å². The van der Waals surface area contributed by atoms with Crippen molar-refractivity contribution >= 4 is 11.5 Å². The van der Waals surface area contributed by atoms with Crippen molar-refractivity contribution in [3.8, 4) is 5.75 Å². The molecule has 0 spiro atoms. The number of benzene rings is 3. The standard InChI is InChI=1S/C23H17F6N3O2/c1-11-2-4-13(21-31-22(34-32-21)14-5-7-17(25)20(33)19(14)26)9-18(11)30-10-12-3-6-16(24)15(8-12)23(27,28)29/h2-9,22,30,33H,10H2,1H3,(H,31,32). The van der Waals surface area contributed by atoms with E-state index in [9.17, 15) is 31.4 Å². The van der Waals surface area contributed by atoms with Crippen LogP contribution in [0.1, 0.15) is 34.0 Å². The monoisotopic (exact) mass is 481 g/mol. The highest BCUT2D eigenvalue weighted by molar-refractivity contribution is 5.99. The lowest BCUT2D eigenvalue weighted by Crippen LogP contribution is -2.18. The van der Waals surface area contributed by atoms with E-state index in [1.807, 2.05) is 0 Å². The largest absolute Gasteiger partial charge is 0.503 e. The molecule has 0 aliphatic carbocycles. The minimum atomic E-state index is -4.81. The summed E-state index contributed by atoms with van der Waals surface area (Å²) in [7, 11) is 0. The summed E-state index contributed by atoms with van der Waals surface area (Å²) < 4.78 is 79.9. The third kappa shape index (κ3) is 4.65. The van der Waals surface area contributed by atoms with E-state index in [0.29, 0.717) is 11.3 Å². The lowest BCUT2D eigenvalue weighted by Gasteiger charge is -2.13. The van der Waals surface area contributed by atoms with E-state index in [1.165, 1.54) is 6.07 Å². The third-order valence-corrected chi connectivity index (χ3v) is 5.21. The molecule has 1 heterocycles. The van der Waals surface area contributed by atoms with Crippen LogP contribution in [-0.4, -0.2) is 10.9 Å². The SMILES string of the molecule is Cc1ccc(C2=NC(c3ccc(F)c(O)c3F)ON2)cc1NCc1ccc(F)c(C(F)(F)F)c1. The quantitative estimate of drug-likeness (QED) is 0.408. The van der Waals surface area contributed by atoms with Crippen LogP contribution in [0.15, 0.2) is 53.5 Å². The second-order valence-electron chi connectivity index (χ2n) is 7.54. The number of phenolic OH excluding ortho intramolecular Hbond substituents is 1. The molecule has 1 atom stereocenters. The van der Waals surface area contributed by atoms with Gasteiger partial charge in [-0.1, -0.05) is 18.2 Å². The molecule has 1 aliphatic rings. The highest BCUT2D eigenvalue weighted by Crippen LogP contribution is 2.33. The zero-order valence-corrected chi connectivity index (χ0v) is 17.5. The summed E-state index contributed by atoms with van der Waals surface area (Å²) in [5.74, 6) is -4.58. The Morgan fingerprint density at radius 2 is 1.76 bits per heavy atom. The summed E-state index contributed by atoms with van der Waals surface area (Å²) in [5, 5.41) is 12.5. The lowest BCUT2D eigenvalue weighted by molar-refractivity contribution is -0.140. The maximum atomic E-state index is 14.2. The Hall–Kier alpha value is -3.73. The molecule has 0 bridgehead atoms. The van der Waals surface area contributed by atoms with E-state index in [-0.39, 0.29) is 23.5 Å². The van der Waals surface area contributed by atoms with Crippen LogP contribution in [0.4, 0.5) is 32.0 Å². The molecule has 0 radical (unpaired) electrons. The topological polar surface area (TPSA) is 65.9 Å². The summed E-state index contributed by atoms with van der Waals surface area (Å²) in [5.41, 5.74) is 3.10. The van der Waals surface area contributed by atoms with Gasteiger partial charge in [0.1, 0.15) is 5.82 Å². The van der Waals surface area contributed by atoms with Gasteiger partial charge in [0.2, 0.25) is 6.23 Å². The number of rotatable bonds is 5. The molecule has 0 saturated carbocycles. The first-order valence-electron chi connectivity index (χ1n) is 9.91.